The first-order valence-corrected chi connectivity index (χ1v) is 5.62. The summed E-state index contributed by atoms with van der Waals surface area (Å²) >= 11 is 0. The molecule has 0 amide bonds. The second-order valence-corrected chi connectivity index (χ2v) is 4.31. The van der Waals surface area contributed by atoms with Gasteiger partial charge >= 0.3 is 0 Å². The molecular formula is C14H15N3. The van der Waals surface area contributed by atoms with Crippen molar-refractivity contribution in [2.75, 3.05) is 0 Å². The van der Waals surface area contributed by atoms with Gasteiger partial charge in [0, 0.05) is 5.69 Å². The molecule has 0 saturated carbocycles. The van der Waals surface area contributed by atoms with Gasteiger partial charge in [-0.15, -0.1) is 0 Å². The van der Waals surface area contributed by atoms with Crippen molar-refractivity contribution in [3.8, 4) is 11.8 Å². The van der Waals surface area contributed by atoms with Crippen molar-refractivity contribution in [1.82, 2.24) is 9.78 Å². The van der Waals surface area contributed by atoms with Crippen LogP contribution in [0, 0.1) is 32.1 Å². The van der Waals surface area contributed by atoms with Crippen molar-refractivity contribution in [2.24, 2.45) is 0 Å². The molecule has 0 spiro atoms. The Bertz CT molecular complexity index is 588. The second kappa shape index (κ2) is 4.42. The van der Waals surface area contributed by atoms with E-state index in [0.717, 1.165) is 17.1 Å². The molecule has 0 radical (unpaired) electrons. The van der Waals surface area contributed by atoms with Crippen molar-refractivity contribution in [3.05, 3.63) is 46.8 Å². The van der Waals surface area contributed by atoms with Crippen LogP contribution in [0.4, 0.5) is 0 Å². The number of nitriles is 1. The molecule has 0 unspecified atom stereocenters. The molecular weight excluding hydrogens is 210 g/mol. The topological polar surface area (TPSA) is 41.6 Å². The van der Waals surface area contributed by atoms with Gasteiger partial charge in [0.15, 0.2) is 0 Å². The summed E-state index contributed by atoms with van der Waals surface area (Å²) in [5.74, 6) is 0. The third-order valence-corrected chi connectivity index (χ3v) is 2.79. The van der Waals surface area contributed by atoms with Crippen LogP contribution < -0.4 is 0 Å². The van der Waals surface area contributed by atoms with E-state index in [1.165, 1.54) is 11.1 Å². The van der Waals surface area contributed by atoms with Crippen LogP contribution in [0.1, 0.15) is 22.5 Å². The quantitative estimate of drug-likeness (QED) is 0.788. The van der Waals surface area contributed by atoms with E-state index in [9.17, 15) is 0 Å². The Balaban J connectivity index is 2.53. The molecule has 3 heteroatoms. The van der Waals surface area contributed by atoms with Crippen molar-refractivity contribution < 1.29 is 0 Å². The Morgan fingerprint density at radius 3 is 2.71 bits per heavy atom. The molecule has 1 aromatic heterocycles. The van der Waals surface area contributed by atoms with Gasteiger partial charge in [-0.2, -0.15) is 10.4 Å². The Labute approximate surface area is 101 Å². The fraction of sp³-hybridized carbons (Fsp3) is 0.286. The molecule has 0 bridgehead atoms. The number of hydrogen-bond acceptors (Lipinski definition) is 2. The lowest BCUT2D eigenvalue weighted by atomic mass is 10.1. The van der Waals surface area contributed by atoms with Crippen LogP contribution in [0.25, 0.3) is 5.69 Å². The van der Waals surface area contributed by atoms with Crippen molar-refractivity contribution in [1.29, 1.82) is 5.26 Å². The molecule has 0 aliphatic carbocycles. The molecule has 17 heavy (non-hydrogen) atoms. The SMILES string of the molecule is Cc1ccc(C)c(-n2nc(CC#N)cc2C)c1. The zero-order valence-electron chi connectivity index (χ0n) is 10.4. The minimum Gasteiger partial charge on any atom is -0.238 e. The smallest absolute Gasteiger partial charge is 0.0793 e. The van der Waals surface area contributed by atoms with Gasteiger partial charge in [-0.25, -0.2) is 4.68 Å². The van der Waals surface area contributed by atoms with Crippen LogP contribution in [0.2, 0.25) is 0 Å². The summed E-state index contributed by atoms with van der Waals surface area (Å²) in [6.45, 7) is 6.15. The molecule has 0 aliphatic heterocycles. The van der Waals surface area contributed by atoms with Crippen LogP contribution in [0.5, 0.6) is 0 Å². The number of nitrogens with zero attached hydrogens (tertiary/aromatic N) is 3. The average molecular weight is 225 g/mol. The highest BCUT2D eigenvalue weighted by Crippen LogP contribution is 2.18. The predicted octanol–water partition coefficient (Wildman–Crippen LogP) is 2.86. The highest BCUT2D eigenvalue weighted by Gasteiger charge is 2.08. The van der Waals surface area contributed by atoms with E-state index in [1.807, 2.05) is 17.7 Å². The van der Waals surface area contributed by atoms with Crippen molar-refractivity contribution >= 4 is 0 Å². The van der Waals surface area contributed by atoms with E-state index < -0.39 is 0 Å². The first-order chi connectivity index (χ1) is 8.11. The lowest BCUT2D eigenvalue weighted by Gasteiger charge is -2.08. The molecule has 3 nitrogen and oxygen atoms in total. The Hall–Kier alpha value is -2.08. The van der Waals surface area contributed by atoms with E-state index in [2.05, 4.69) is 43.2 Å². The third-order valence-electron chi connectivity index (χ3n) is 2.79. The van der Waals surface area contributed by atoms with Crippen molar-refractivity contribution in [3.63, 3.8) is 0 Å². The molecule has 0 fully saturated rings. The summed E-state index contributed by atoms with van der Waals surface area (Å²) in [4.78, 5) is 0. The third kappa shape index (κ3) is 2.21. The van der Waals surface area contributed by atoms with E-state index in [0.29, 0.717) is 6.42 Å². The Kier molecular flexibility index (Phi) is 2.97. The van der Waals surface area contributed by atoms with Gasteiger partial charge in [-0.1, -0.05) is 12.1 Å². The second-order valence-electron chi connectivity index (χ2n) is 4.31. The molecule has 2 rings (SSSR count). The van der Waals surface area contributed by atoms with Crippen LogP contribution in [-0.4, -0.2) is 9.78 Å². The molecule has 0 N–H and O–H groups in total. The lowest BCUT2D eigenvalue weighted by molar-refractivity contribution is 0.820. The number of rotatable bonds is 2. The monoisotopic (exact) mass is 225 g/mol. The lowest BCUT2D eigenvalue weighted by Crippen LogP contribution is -2.02. The van der Waals surface area contributed by atoms with Gasteiger partial charge in [0.25, 0.3) is 0 Å². The molecule has 86 valence electrons. The fourth-order valence-corrected chi connectivity index (χ4v) is 1.90. The number of hydrogen-bond donors (Lipinski definition) is 0. The molecule has 1 aromatic carbocycles. The highest BCUT2D eigenvalue weighted by molar-refractivity contribution is 5.43. The van der Waals surface area contributed by atoms with Gasteiger partial charge in [0.2, 0.25) is 0 Å². The van der Waals surface area contributed by atoms with Crippen LogP contribution in [-0.2, 0) is 6.42 Å². The van der Waals surface area contributed by atoms with E-state index in [-0.39, 0.29) is 0 Å². The number of aryl methyl sites for hydroxylation is 3. The minimum absolute atomic E-state index is 0.360. The van der Waals surface area contributed by atoms with Gasteiger partial charge in [-0.3, -0.25) is 0 Å². The normalized spacial score (nSPS) is 10.2. The largest absolute Gasteiger partial charge is 0.238 e. The maximum atomic E-state index is 8.69. The van der Waals surface area contributed by atoms with E-state index in [4.69, 9.17) is 5.26 Å². The maximum absolute atomic E-state index is 8.69. The first-order valence-electron chi connectivity index (χ1n) is 5.62. The summed E-state index contributed by atoms with van der Waals surface area (Å²) in [6, 6.07) is 10.4. The van der Waals surface area contributed by atoms with Gasteiger partial charge in [0.05, 0.1) is 23.9 Å². The molecule has 0 saturated heterocycles. The fourth-order valence-electron chi connectivity index (χ4n) is 1.90. The van der Waals surface area contributed by atoms with Gasteiger partial charge < -0.3 is 0 Å². The zero-order chi connectivity index (χ0) is 12.4. The van der Waals surface area contributed by atoms with Gasteiger partial charge in [0.1, 0.15) is 0 Å². The average Bonchev–Trinajstić information content (AvgIpc) is 2.64. The Morgan fingerprint density at radius 2 is 2.00 bits per heavy atom. The molecule has 2 aromatic rings. The Morgan fingerprint density at radius 1 is 1.24 bits per heavy atom. The number of aromatic nitrogens is 2. The summed E-state index contributed by atoms with van der Waals surface area (Å²) in [7, 11) is 0. The summed E-state index contributed by atoms with van der Waals surface area (Å²) in [5, 5.41) is 13.2. The summed E-state index contributed by atoms with van der Waals surface area (Å²) in [5.41, 5.74) is 5.37. The minimum atomic E-state index is 0.360. The first kappa shape index (κ1) is 11.4. The van der Waals surface area contributed by atoms with Crippen LogP contribution >= 0.6 is 0 Å². The predicted molar refractivity (Wildman–Crippen MR) is 67.1 cm³/mol. The van der Waals surface area contributed by atoms with Gasteiger partial charge in [-0.05, 0) is 44.0 Å². The molecule has 1 heterocycles. The molecule has 0 aliphatic rings. The van der Waals surface area contributed by atoms with Crippen LogP contribution in [0.3, 0.4) is 0 Å². The van der Waals surface area contributed by atoms with E-state index >= 15 is 0 Å². The summed E-state index contributed by atoms with van der Waals surface area (Å²) < 4.78 is 1.91. The van der Waals surface area contributed by atoms with Crippen molar-refractivity contribution in [2.45, 2.75) is 27.2 Å². The zero-order valence-corrected chi connectivity index (χ0v) is 10.4. The maximum Gasteiger partial charge on any atom is 0.0793 e. The molecule has 0 atom stereocenters. The number of benzene rings is 1. The van der Waals surface area contributed by atoms with E-state index in [1.54, 1.807) is 0 Å². The highest BCUT2D eigenvalue weighted by atomic mass is 15.3. The standard InChI is InChI=1S/C14H15N3/c1-10-4-5-11(2)14(8-10)17-12(3)9-13(16-17)6-7-15/h4-5,8-9H,6H2,1-3H3. The summed E-state index contributed by atoms with van der Waals surface area (Å²) in [6.07, 6.45) is 0.360. The van der Waals surface area contributed by atoms with Crippen LogP contribution in [0.15, 0.2) is 24.3 Å².